The van der Waals surface area contributed by atoms with Crippen LogP contribution in [-0.2, 0) is 13.1 Å². The van der Waals surface area contributed by atoms with Crippen LogP contribution < -0.4 is 5.32 Å². The minimum absolute atomic E-state index is 0.595. The predicted octanol–water partition coefficient (Wildman–Crippen LogP) is 4.00. The fourth-order valence-electron chi connectivity index (χ4n) is 1.60. The Labute approximate surface area is 120 Å². The molecule has 0 bridgehead atoms. The quantitative estimate of drug-likeness (QED) is 0.921. The summed E-state index contributed by atoms with van der Waals surface area (Å²) in [4.78, 5) is 4.31. The van der Waals surface area contributed by atoms with Gasteiger partial charge in [0.25, 0.3) is 0 Å². The van der Waals surface area contributed by atoms with Crippen LogP contribution in [0.15, 0.2) is 27.1 Å². The van der Waals surface area contributed by atoms with Crippen molar-refractivity contribution in [2.24, 2.45) is 0 Å². The molecule has 1 heterocycles. The number of nitrogens with one attached hydrogen (secondary N) is 1. The van der Waals surface area contributed by atoms with Crippen molar-refractivity contribution >= 4 is 27.5 Å². The maximum Gasteiger partial charge on any atom is 0.208 e. The molecule has 0 saturated carbocycles. The molecular weight excluding hydrogens is 316 g/mol. The van der Waals surface area contributed by atoms with Crippen LogP contribution in [0.4, 0.5) is 0 Å². The zero-order chi connectivity index (χ0) is 13.1. The third kappa shape index (κ3) is 3.34. The van der Waals surface area contributed by atoms with Gasteiger partial charge in [0.1, 0.15) is 5.76 Å². The molecule has 2 rings (SSSR count). The molecule has 5 heteroatoms. The summed E-state index contributed by atoms with van der Waals surface area (Å²) < 4.78 is 6.51. The van der Waals surface area contributed by atoms with Gasteiger partial charge in [0.2, 0.25) is 5.89 Å². The molecule has 0 aliphatic carbocycles. The topological polar surface area (TPSA) is 38.1 Å². The lowest BCUT2D eigenvalue weighted by molar-refractivity contribution is 0.448. The molecule has 0 saturated heterocycles. The molecule has 3 nitrogen and oxygen atoms in total. The molecule has 18 heavy (non-hydrogen) atoms. The van der Waals surface area contributed by atoms with Crippen LogP contribution in [0.3, 0.4) is 0 Å². The van der Waals surface area contributed by atoms with Crippen LogP contribution in [-0.4, -0.2) is 4.98 Å². The fourth-order valence-corrected chi connectivity index (χ4v) is 2.19. The Kier molecular flexibility index (Phi) is 4.43. The lowest BCUT2D eigenvalue weighted by Gasteiger charge is -2.05. The van der Waals surface area contributed by atoms with Crippen LogP contribution >= 0.6 is 27.5 Å². The number of halogens is 2. The van der Waals surface area contributed by atoms with E-state index in [4.69, 9.17) is 16.0 Å². The number of rotatable bonds is 4. The highest BCUT2D eigenvalue weighted by molar-refractivity contribution is 9.10. The van der Waals surface area contributed by atoms with Gasteiger partial charge in [0.15, 0.2) is 0 Å². The Bertz CT molecular complexity index is 534. The Morgan fingerprint density at radius 2 is 2.11 bits per heavy atom. The van der Waals surface area contributed by atoms with Gasteiger partial charge in [0.05, 0.1) is 12.2 Å². The van der Waals surface area contributed by atoms with E-state index in [2.05, 4.69) is 26.2 Å². The molecule has 0 fully saturated rings. The lowest BCUT2D eigenvalue weighted by Crippen LogP contribution is -2.13. The molecule has 0 aliphatic rings. The molecule has 0 aliphatic heterocycles. The molecular formula is C13H14BrClN2O. The molecule has 0 spiro atoms. The van der Waals surface area contributed by atoms with E-state index < -0.39 is 0 Å². The van der Waals surface area contributed by atoms with Gasteiger partial charge < -0.3 is 9.73 Å². The highest BCUT2D eigenvalue weighted by atomic mass is 79.9. The highest BCUT2D eigenvalue weighted by Crippen LogP contribution is 2.20. The molecule has 96 valence electrons. The van der Waals surface area contributed by atoms with Crippen molar-refractivity contribution < 1.29 is 4.42 Å². The second-order valence-corrected chi connectivity index (χ2v) is 5.41. The smallest absolute Gasteiger partial charge is 0.208 e. The van der Waals surface area contributed by atoms with E-state index in [0.29, 0.717) is 19.0 Å². The van der Waals surface area contributed by atoms with E-state index in [-0.39, 0.29) is 0 Å². The number of hydrogen-bond donors (Lipinski definition) is 1. The first kappa shape index (κ1) is 13.6. The largest absolute Gasteiger partial charge is 0.444 e. The van der Waals surface area contributed by atoms with E-state index in [1.54, 1.807) is 0 Å². The zero-order valence-electron chi connectivity index (χ0n) is 10.3. The summed E-state index contributed by atoms with van der Waals surface area (Å²) in [5, 5.41) is 4.02. The molecule has 1 aromatic heterocycles. The summed E-state index contributed by atoms with van der Waals surface area (Å²) in [7, 11) is 0. The van der Waals surface area contributed by atoms with Gasteiger partial charge in [-0.1, -0.05) is 27.5 Å². The van der Waals surface area contributed by atoms with E-state index in [9.17, 15) is 0 Å². The van der Waals surface area contributed by atoms with Crippen LogP contribution in [0, 0.1) is 13.8 Å². The number of benzene rings is 1. The summed E-state index contributed by atoms with van der Waals surface area (Å²) >= 11 is 9.54. The minimum atomic E-state index is 0.595. The molecule has 0 unspecified atom stereocenters. The lowest BCUT2D eigenvalue weighted by atomic mass is 10.2. The summed E-state index contributed by atoms with van der Waals surface area (Å²) in [6.45, 7) is 5.13. The Morgan fingerprint density at radius 1 is 1.33 bits per heavy atom. The van der Waals surface area contributed by atoms with Crippen LogP contribution in [0.1, 0.15) is 22.9 Å². The Hall–Kier alpha value is -0.840. The van der Waals surface area contributed by atoms with Crippen molar-refractivity contribution in [3.05, 3.63) is 50.6 Å². The maximum atomic E-state index is 6.11. The van der Waals surface area contributed by atoms with E-state index >= 15 is 0 Å². The van der Waals surface area contributed by atoms with Crippen molar-refractivity contribution in [3.8, 4) is 0 Å². The van der Waals surface area contributed by atoms with Crippen LogP contribution in [0.25, 0.3) is 0 Å². The molecule has 0 amide bonds. The summed E-state index contributed by atoms with van der Waals surface area (Å²) in [6, 6.07) is 5.80. The van der Waals surface area contributed by atoms with Crippen molar-refractivity contribution in [1.82, 2.24) is 10.3 Å². The average molecular weight is 330 g/mol. The van der Waals surface area contributed by atoms with Gasteiger partial charge in [-0.2, -0.15) is 0 Å². The first-order valence-corrected chi connectivity index (χ1v) is 6.81. The summed E-state index contributed by atoms with van der Waals surface area (Å²) in [6.07, 6.45) is 0. The fraction of sp³-hybridized carbons (Fsp3) is 0.308. The second-order valence-electron chi connectivity index (χ2n) is 4.09. The van der Waals surface area contributed by atoms with Crippen molar-refractivity contribution in [2.75, 3.05) is 0 Å². The second kappa shape index (κ2) is 5.87. The molecule has 2 aromatic rings. The van der Waals surface area contributed by atoms with Crippen molar-refractivity contribution in [2.45, 2.75) is 26.9 Å². The van der Waals surface area contributed by atoms with Crippen LogP contribution in [0.2, 0.25) is 5.02 Å². The van der Waals surface area contributed by atoms with Crippen LogP contribution in [0.5, 0.6) is 0 Å². The third-order valence-electron chi connectivity index (χ3n) is 2.67. The first-order valence-electron chi connectivity index (χ1n) is 5.64. The number of aromatic nitrogens is 1. The first-order chi connectivity index (χ1) is 8.56. The SMILES string of the molecule is Cc1nc(CNCc2cc(Br)ccc2Cl)oc1C. The summed E-state index contributed by atoms with van der Waals surface area (Å²) in [5.74, 6) is 1.57. The molecule has 1 aromatic carbocycles. The Morgan fingerprint density at radius 3 is 2.78 bits per heavy atom. The molecule has 1 N–H and O–H groups in total. The zero-order valence-corrected chi connectivity index (χ0v) is 12.6. The van der Waals surface area contributed by atoms with Gasteiger partial charge in [0, 0.05) is 16.0 Å². The van der Waals surface area contributed by atoms with Gasteiger partial charge in [-0.15, -0.1) is 0 Å². The van der Waals surface area contributed by atoms with Gasteiger partial charge in [-0.25, -0.2) is 4.98 Å². The van der Waals surface area contributed by atoms with E-state index in [1.165, 1.54) is 0 Å². The summed E-state index contributed by atoms with van der Waals surface area (Å²) in [5.41, 5.74) is 1.98. The van der Waals surface area contributed by atoms with Crippen molar-refractivity contribution in [3.63, 3.8) is 0 Å². The third-order valence-corrected chi connectivity index (χ3v) is 3.53. The van der Waals surface area contributed by atoms with E-state index in [0.717, 1.165) is 26.5 Å². The minimum Gasteiger partial charge on any atom is -0.444 e. The number of hydrogen-bond acceptors (Lipinski definition) is 3. The average Bonchev–Trinajstić information content (AvgIpc) is 2.63. The molecule has 0 atom stereocenters. The van der Waals surface area contributed by atoms with Gasteiger partial charge >= 0.3 is 0 Å². The van der Waals surface area contributed by atoms with Crippen molar-refractivity contribution in [1.29, 1.82) is 0 Å². The number of nitrogens with zero attached hydrogens (tertiary/aromatic N) is 1. The standard InChI is InChI=1S/C13H14BrClN2O/c1-8-9(2)18-13(17-8)7-16-6-10-5-11(14)3-4-12(10)15/h3-5,16H,6-7H2,1-2H3. The van der Waals surface area contributed by atoms with Gasteiger partial charge in [-0.05, 0) is 37.6 Å². The number of oxazole rings is 1. The van der Waals surface area contributed by atoms with E-state index in [1.807, 2.05) is 32.0 Å². The predicted molar refractivity (Wildman–Crippen MR) is 75.7 cm³/mol. The Balaban J connectivity index is 1.94. The van der Waals surface area contributed by atoms with Gasteiger partial charge in [-0.3, -0.25) is 0 Å². The normalized spacial score (nSPS) is 10.9. The molecule has 0 radical (unpaired) electrons. The highest BCUT2D eigenvalue weighted by Gasteiger charge is 2.06. The number of aryl methyl sites for hydroxylation is 2. The monoisotopic (exact) mass is 328 g/mol. The maximum absolute atomic E-state index is 6.11.